The average molecular weight is 424 g/mol. The maximum absolute atomic E-state index is 12.6. The molecule has 2 aliphatic heterocycles. The van der Waals surface area contributed by atoms with Crippen LogP contribution in [0.15, 0.2) is 64.4 Å². The summed E-state index contributed by atoms with van der Waals surface area (Å²) in [6.07, 6.45) is 1.68. The van der Waals surface area contributed by atoms with Gasteiger partial charge >= 0.3 is 0 Å². The van der Waals surface area contributed by atoms with E-state index in [1.165, 1.54) is 16.5 Å². The zero-order chi connectivity index (χ0) is 20.1. The number of nitrogens with one attached hydrogen (secondary N) is 1. The van der Waals surface area contributed by atoms with Gasteiger partial charge in [0.25, 0.3) is 5.91 Å². The van der Waals surface area contributed by atoms with Gasteiger partial charge in [-0.1, -0.05) is 41.9 Å². The van der Waals surface area contributed by atoms with Crippen molar-refractivity contribution in [2.75, 3.05) is 11.7 Å². The first-order valence-corrected chi connectivity index (χ1v) is 10.7. The Labute approximate surface area is 177 Å². The molecule has 5 rings (SSSR count). The summed E-state index contributed by atoms with van der Waals surface area (Å²) in [7, 11) is 0. The predicted molar refractivity (Wildman–Crippen MR) is 115 cm³/mol. The maximum atomic E-state index is 12.6. The molecule has 1 unspecified atom stereocenters. The van der Waals surface area contributed by atoms with E-state index >= 15 is 0 Å². The lowest BCUT2D eigenvalue weighted by Crippen LogP contribution is -2.54. The number of carbonyl (C=O) groups excluding carboxylic acids is 1. The fourth-order valence-electron chi connectivity index (χ4n) is 4.12. The van der Waals surface area contributed by atoms with Crippen LogP contribution < -0.4 is 15.8 Å². The Morgan fingerprint density at radius 2 is 1.93 bits per heavy atom. The SMILES string of the molecule is Cc1c2n(ccc1=O)N(C1c3ccccc3SCc3cccc(Cl)c31)CNC2=O. The molecule has 0 bridgehead atoms. The average Bonchev–Trinajstić information content (AvgIpc) is 2.89. The van der Waals surface area contributed by atoms with Crippen LogP contribution in [0.5, 0.6) is 0 Å². The lowest BCUT2D eigenvalue weighted by molar-refractivity contribution is 0.0919. The largest absolute Gasteiger partial charge is 0.332 e. The Morgan fingerprint density at radius 3 is 2.79 bits per heavy atom. The van der Waals surface area contributed by atoms with Crippen LogP contribution >= 0.6 is 23.4 Å². The molecule has 0 fully saturated rings. The highest BCUT2D eigenvalue weighted by atomic mass is 35.5. The summed E-state index contributed by atoms with van der Waals surface area (Å²) in [4.78, 5) is 26.0. The molecule has 1 amide bonds. The van der Waals surface area contributed by atoms with Crippen molar-refractivity contribution in [1.82, 2.24) is 9.99 Å². The summed E-state index contributed by atoms with van der Waals surface area (Å²) in [5, 5.41) is 5.70. The molecule has 29 heavy (non-hydrogen) atoms. The van der Waals surface area contributed by atoms with Crippen LogP contribution in [0.3, 0.4) is 0 Å². The van der Waals surface area contributed by atoms with E-state index in [0.29, 0.717) is 22.9 Å². The molecule has 0 saturated carbocycles. The molecule has 2 aromatic carbocycles. The van der Waals surface area contributed by atoms with Crippen LogP contribution in [-0.4, -0.2) is 17.3 Å². The van der Waals surface area contributed by atoms with E-state index in [2.05, 4.69) is 28.5 Å². The van der Waals surface area contributed by atoms with E-state index in [1.807, 2.05) is 24.3 Å². The Bertz CT molecular complexity index is 1210. The highest BCUT2D eigenvalue weighted by Gasteiger charge is 2.35. The van der Waals surface area contributed by atoms with Crippen molar-refractivity contribution in [3.05, 3.63) is 97.9 Å². The van der Waals surface area contributed by atoms with Gasteiger partial charge < -0.3 is 5.32 Å². The van der Waals surface area contributed by atoms with Crippen molar-refractivity contribution in [1.29, 1.82) is 0 Å². The molecule has 1 N–H and O–H groups in total. The van der Waals surface area contributed by atoms with Crippen LogP contribution in [0.4, 0.5) is 0 Å². The van der Waals surface area contributed by atoms with Crippen LogP contribution in [0.2, 0.25) is 5.02 Å². The zero-order valence-electron chi connectivity index (χ0n) is 15.7. The Hall–Kier alpha value is -2.70. The molecule has 0 aliphatic carbocycles. The number of nitrogens with zero attached hydrogens (tertiary/aromatic N) is 2. The molecule has 7 heteroatoms. The van der Waals surface area contributed by atoms with Gasteiger partial charge in [0.15, 0.2) is 5.43 Å². The molecule has 1 aromatic heterocycles. The van der Waals surface area contributed by atoms with Gasteiger partial charge in [0, 0.05) is 39.1 Å². The third-order valence-corrected chi connectivity index (χ3v) is 6.99. The van der Waals surface area contributed by atoms with Crippen LogP contribution in [0, 0.1) is 6.92 Å². The molecule has 5 nitrogen and oxygen atoms in total. The van der Waals surface area contributed by atoms with Crippen LogP contribution in [0.25, 0.3) is 0 Å². The standard InChI is InChI=1S/C22H18ClN3O2S/c1-13-17(27)9-10-25-20(13)22(28)24-12-26(25)21-15-6-2-3-8-18(15)29-11-14-5-4-7-16(23)19(14)21/h2-10,21H,11-12H2,1H3,(H,24,28). The van der Waals surface area contributed by atoms with Crippen molar-refractivity contribution < 1.29 is 4.79 Å². The quantitative estimate of drug-likeness (QED) is 0.646. The minimum atomic E-state index is -0.243. The third-order valence-electron chi connectivity index (χ3n) is 5.53. The molecule has 2 aliphatic rings. The van der Waals surface area contributed by atoms with E-state index in [-0.39, 0.29) is 17.4 Å². The summed E-state index contributed by atoms with van der Waals surface area (Å²) >= 11 is 8.51. The summed E-state index contributed by atoms with van der Waals surface area (Å²) in [5.74, 6) is 0.576. The number of halogens is 1. The van der Waals surface area contributed by atoms with E-state index in [4.69, 9.17) is 11.6 Å². The minimum absolute atomic E-state index is 0.150. The van der Waals surface area contributed by atoms with Gasteiger partial charge in [-0.05, 0) is 30.2 Å². The van der Waals surface area contributed by atoms with Crippen molar-refractivity contribution in [3.63, 3.8) is 0 Å². The summed E-state index contributed by atoms with van der Waals surface area (Å²) < 4.78 is 1.81. The molecule has 0 radical (unpaired) electrons. The second-order valence-electron chi connectivity index (χ2n) is 7.14. The first kappa shape index (κ1) is 18.3. The summed E-state index contributed by atoms with van der Waals surface area (Å²) in [6, 6.07) is 15.6. The molecule has 1 atom stereocenters. The molecule has 146 valence electrons. The maximum Gasteiger partial charge on any atom is 0.271 e. The Kier molecular flexibility index (Phi) is 4.41. The van der Waals surface area contributed by atoms with E-state index in [0.717, 1.165) is 16.9 Å². The molecular formula is C22H18ClN3O2S. The number of aromatic nitrogens is 1. The van der Waals surface area contributed by atoms with Crippen molar-refractivity contribution in [2.45, 2.75) is 23.6 Å². The number of carbonyl (C=O) groups is 1. The first-order chi connectivity index (χ1) is 14.1. The number of pyridine rings is 1. The summed E-state index contributed by atoms with van der Waals surface area (Å²) in [6.45, 7) is 2.00. The van der Waals surface area contributed by atoms with Gasteiger partial charge in [-0.2, -0.15) is 0 Å². The van der Waals surface area contributed by atoms with Gasteiger partial charge in [-0.25, -0.2) is 0 Å². The normalized spacial score (nSPS) is 17.7. The minimum Gasteiger partial charge on any atom is -0.332 e. The first-order valence-electron chi connectivity index (χ1n) is 9.32. The Balaban J connectivity index is 1.80. The Morgan fingerprint density at radius 1 is 1.10 bits per heavy atom. The van der Waals surface area contributed by atoms with Gasteiger partial charge in [-0.3, -0.25) is 19.3 Å². The van der Waals surface area contributed by atoms with E-state index in [1.54, 1.807) is 29.6 Å². The number of benzene rings is 2. The van der Waals surface area contributed by atoms with E-state index in [9.17, 15) is 9.59 Å². The molecule has 3 aromatic rings. The lowest BCUT2D eigenvalue weighted by Gasteiger charge is -2.40. The fraction of sp³-hybridized carbons (Fsp3) is 0.182. The number of thioether (sulfide) groups is 1. The van der Waals surface area contributed by atoms with Crippen molar-refractivity contribution >= 4 is 29.3 Å². The number of amides is 1. The molecule has 0 saturated heterocycles. The van der Waals surface area contributed by atoms with Crippen LogP contribution in [-0.2, 0) is 5.75 Å². The highest BCUT2D eigenvalue weighted by Crippen LogP contribution is 2.44. The monoisotopic (exact) mass is 423 g/mol. The second kappa shape index (κ2) is 6.97. The van der Waals surface area contributed by atoms with Crippen molar-refractivity contribution in [2.24, 2.45) is 0 Å². The highest BCUT2D eigenvalue weighted by molar-refractivity contribution is 7.98. The predicted octanol–water partition coefficient (Wildman–Crippen LogP) is 3.84. The van der Waals surface area contributed by atoms with E-state index < -0.39 is 0 Å². The van der Waals surface area contributed by atoms with Gasteiger partial charge in [0.2, 0.25) is 0 Å². The fourth-order valence-corrected chi connectivity index (χ4v) is 5.50. The third kappa shape index (κ3) is 2.86. The van der Waals surface area contributed by atoms with Gasteiger partial charge in [0.05, 0.1) is 0 Å². The topological polar surface area (TPSA) is 54.3 Å². The molecule has 0 spiro atoms. The summed E-state index contributed by atoms with van der Waals surface area (Å²) in [5.41, 5.74) is 3.98. The van der Waals surface area contributed by atoms with Crippen molar-refractivity contribution in [3.8, 4) is 0 Å². The van der Waals surface area contributed by atoms with Gasteiger partial charge in [0.1, 0.15) is 18.4 Å². The number of hydrogen-bond donors (Lipinski definition) is 1. The number of rotatable bonds is 1. The zero-order valence-corrected chi connectivity index (χ0v) is 17.3. The smallest absolute Gasteiger partial charge is 0.271 e. The lowest BCUT2D eigenvalue weighted by atomic mass is 9.94. The van der Waals surface area contributed by atoms with Crippen LogP contribution in [0.1, 0.15) is 38.8 Å². The molecule has 3 heterocycles. The van der Waals surface area contributed by atoms with Gasteiger partial charge in [-0.15, -0.1) is 11.8 Å². The molecular weight excluding hydrogens is 406 g/mol. The second-order valence-corrected chi connectivity index (χ2v) is 8.57. The number of hydrogen-bond acceptors (Lipinski definition) is 4. The number of fused-ring (bicyclic) bond motifs is 3.